The van der Waals surface area contributed by atoms with Crippen molar-refractivity contribution in [2.24, 2.45) is 0 Å². The first-order valence-electron chi connectivity index (χ1n) is 11.6. The van der Waals surface area contributed by atoms with E-state index >= 15 is 0 Å². The molecule has 0 spiro atoms. The van der Waals surface area contributed by atoms with Gasteiger partial charge in [0.15, 0.2) is 11.5 Å². The summed E-state index contributed by atoms with van der Waals surface area (Å²) < 4.78 is 10.7. The number of fused-ring (bicyclic) bond motifs is 2. The van der Waals surface area contributed by atoms with Gasteiger partial charge in [0.05, 0.1) is 6.10 Å². The van der Waals surface area contributed by atoms with E-state index in [2.05, 4.69) is 111 Å². The Kier molecular flexibility index (Phi) is 10.5. The van der Waals surface area contributed by atoms with Gasteiger partial charge >= 0.3 is 0 Å². The number of aromatic amines is 1. The smallest absolute Gasteiger partial charge is 0.268 e. The number of carbonyl (C=O) groups is 2. The number of nitrogens with one attached hydrogen (secondary N) is 2. The molecule has 0 unspecified atom stereocenters. The molecule has 2 amide bonds. The fraction of sp³-hybridized carbons (Fsp3) is 0.152. The van der Waals surface area contributed by atoms with E-state index in [1.54, 1.807) is 18.2 Å². The fourth-order valence-electron chi connectivity index (χ4n) is 3.07. The number of nitrogens with zero attached hydrogens (tertiary/aromatic N) is 1. The van der Waals surface area contributed by atoms with Crippen LogP contribution in [-0.4, -0.2) is 52.8 Å². The Labute approximate surface area is 237 Å². The molecular weight excluding hydrogens is 518 g/mol. The van der Waals surface area contributed by atoms with E-state index < -0.39 is 24.0 Å². The van der Waals surface area contributed by atoms with Gasteiger partial charge in [-0.25, -0.2) is 0 Å². The van der Waals surface area contributed by atoms with Gasteiger partial charge in [-0.05, 0) is 66.4 Å². The molecule has 2 atom stereocenters. The van der Waals surface area contributed by atoms with Gasteiger partial charge in [-0.1, -0.05) is 0 Å². The fourth-order valence-corrected chi connectivity index (χ4v) is 3.07. The standard InChI is InChI=1S/C33H17N3O5/c1-4-5-6-7-8-9-10-11-12-13-14-15-16-17-18-19-20-36(3)33(39)31(25(2)37)35-32(38)28-21-26-22-29-30(41-24-40-29)23-27(26)34-28/h1,21-23,25,31,34,37H,24H2,2-3H3,(H,35,38)/t25-,31+/m1/s1. The second-order valence-corrected chi connectivity index (χ2v) is 7.70. The summed E-state index contributed by atoms with van der Waals surface area (Å²) in [6.07, 6.45) is 3.74. The highest BCUT2D eigenvalue weighted by molar-refractivity contribution is 6.01. The Morgan fingerprint density at radius 1 is 0.878 bits per heavy atom. The second kappa shape index (κ2) is 14.9. The van der Waals surface area contributed by atoms with Crippen LogP contribution in [0.1, 0.15) is 17.4 Å². The van der Waals surface area contributed by atoms with Crippen LogP contribution >= 0.6 is 0 Å². The zero-order valence-electron chi connectivity index (χ0n) is 21.7. The highest BCUT2D eigenvalue weighted by Gasteiger charge is 2.29. The molecule has 0 saturated carbocycles. The highest BCUT2D eigenvalue weighted by Crippen LogP contribution is 2.36. The lowest BCUT2D eigenvalue weighted by Crippen LogP contribution is -2.52. The lowest BCUT2D eigenvalue weighted by Gasteiger charge is -2.22. The lowest BCUT2D eigenvalue weighted by atomic mass is 10.1. The third kappa shape index (κ3) is 8.68. The van der Waals surface area contributed by atoms with Crippen LogP contribution in [-0.2, 0) is 4.79 Å². The van der Waals surface area contributed by atoms with Crippen molar-refractivity contribution in [3.8, 4) is 119 Å². The Morgan fingerprint density at radius 2 is 1.39 bits per heavy atom. The summed E-state index contributed by atoms with van der Waals surface area (Å²) in [5.41, 5.74) is 0.848. The quantitative estimate of drug-likeness (QED) is 0.390. The number of amides is 2. The third-order valence-electron chi connectivity index (χ3n) is 4.89. The van der Waals surface area contributed by atoms with E-state index in [9.17, 15) is 14.7 Å². The van der Waals surface area contributed by atoms with Crippen LogP contribution in [0.2, 0.25) is 0 Å². The van der Waals surface area contributed by atoms with Gasteiger partial charge in [0.1, 0.15) is 11.7 Å². The number of carbonyl (C=O) groups excluding carboxylic acids is 2. The zero-order valence-corrected chi connectivity index (χ0v) is 21.7. The molecule has 2 heterocycles. The molecule has 3 rings (SSSR count). The van der Waals surface area contributed by atoms with Crippen molar-refractivity contribution in [1.29, 1.82) is 0 Å². The molecule has 0 saturated heterocycles. The normalized spacial score (nSPS) is 10.5. The number of likely N-dealkylation sites (N-methyl/N-ethyl adjacent to an activating group) is 1. The minimum absolute atomic E-state index is 0.133. The molecular formula is C33H17N3O5. The molecule has 1 aromatic carbocycles. The van der Waals surface area contributed by atoms with Gasteiger partial charge in [0, 0.05) is 77.4 Å². The van der Waals surface area contributed by atoms with Gasteiger partial charge in [0.25, 0.3) is 11.8 Å². The topological polar surface area (TPSA) is 104 Å². The number of ether oxygens (including phenoxy) is 2. The number of H-pyrrole nitrogens is 1. The molecule has 1 aliphatic rings. The van der Waals surface area contributed by atoms with Crippen LogP contribution in [0.25, 0.3) is 10.9 Å². The lowest BCUT2D eigenvalue weighted by molar-refractivity contribution is -0.131. The van der Waals surface area contributed by atoms with Crippen molar-refractivity contribution in [2.75, 3.05) is 13.8 Å². The summed E-state index contributed by atoms with van der Waals surface area (Å²) in [5.74, 6) is 38.8. The molecule has 1 aromatic heterocycles. The van der Waals surface area contributed by atoms with Crippen LogP contribution in [0.4, 0.5) is 0 Å². The Morgan fingerprint density at radius 3 is 1.93 bits per heavy atom. The summed E-state index contributed by atoms with van der Waals surface area (Å²) in [7, 11) is 1.39. The molecule has 8 heteroatoms. The number of terminal acetylenes is 1. The van der Waals surface area contributed by atoms with Gasteiger partial charge in [0.2, 0.25) is 6.79 Å². The zero-order chi connectivity index (χ0) is 29.5. The van der Waals surface area contributed by atoms with E-state index in [1.807, 2.05) is 0 Å². The number of aliphatic hydroxyl groups excluding tert-OH is 1. The van der Waals surface area contributed by atoms with Crippen LogP contribution in [0.3, 0.4) is 0 Å². The summed E-state index contributed by atoms with van der Waals surface area (Å²) >= 11 is 0. The van der Waals surface area contributed by atoms with E-state index in [0.29, 0.717) is 17.0 Å². The first kappa shape index (κ1) is 28.9. The van der Waals surface area contributed by atoms with Crippen molar-refractivity contribution in [1.82, 2.24) is 15.2 Å². The minimum atomic E-state index is -1.26. The molecule has 3 N–H and O–H groups in total. The molecule has 2 aromatic rings. The molecule has 0 radical (unpaired) electrons. The number of hydrogen-bond donors (Lipinski definition) is 3. The van der Waals surface area contributed by atoms with E-state index in [4.69, 9.17) is 15.9 Å². The van der Waals surface area contributed by atoms with Gasteiger partial charge in [-0.2, -0.15) is 0 Å². The number of aliphatic hydroxyl groups is 1. The molecule has 0 fully saturated rings. The molecule has 0 bridgehead atoms. The van der Waals surface area contributed by atoms with Crippen molar-refractivity contribution in [3.05, 3.63) is 23.9 Å². The third-order valence-corrected chi connectivity index (χ3v) is 4.89. The van der Waals surface area contributed by atoms with E-state index in [1.165, 1.54) is 14.0 Å². The van der Waals surface area contributed by atoms with Gasteiger partial charge in [-0.3, -0.25) is 14.5 Å². The second-order valence-electron chi connectivity index (χ2n) is 7.70. The first-order valence-corrected chi connectivity index (χ1v) is 11.6. The summed E-state index contributed by atoms with van der Waals surface area (Å²) in [6, 6.07) is 6.33. The Balaban J connectivity index is 1.56. The van der Waals surface area contributed by atoms with Gasteiger partial charge in [-0.15, -0.1) is 6.42 Å². The maximum Gasteiger partial charge on any atom is 0.268 e. The number of hydrogen-bond acceptors (Lipinski definition) is 5. The first-order chi connectivity index (χ1) is 19.9. The van der Waals surface area contributed by atoms with Crippen LogP contribution in [0, 0.1) is 107 Å². The predicted molar refractivity (Wildman–Crippen MR) is 151 cm³/mol. The maximum absolute atomic E-state index is 12.8. The maximum atomic E-state index is 12.8. The minimum Gasteiger partial charge on any atom is -0.454 e. The highest BCUT2D eigenvalue weighted by atomic mass is 16.7. The largest absolute Gasteiger partial charge is 0.454 e. The van der Waals surface area contributed by atoms with Crippen molar-refractivity contribution in [2.45, 2.75) is 19.1 Å². The van der Waals surface area contributed by atoms with Crippen LogP contribution in [0.15, 0.2) is 18.2 Å². The van der Waals surface area contributed by atoms with Crippen LogP contribution < -0.4 is 14.8 Å². The predicted octanol–water partition coefficient (Wildman–Crippen LogP) is 0.452. The molecule has 8 nitrogen and oxygen atoms in total. The Hall–Kier alpha value is -6.70. The Bertz CT molecular complexity index is 1910. The number of aromatic nitrogens is 1. The molecule has 41 heavy (non-hydrogen) atoms. The average molecular weight is 536 g/mol. The summed E-state index contributed by atoms with van der Waals surface area (Å²) in [5, 5.41) is 13.4. The van der Waals surface area contributed by atoms with Crippen LogP contribution in [0.5, 0.6) is 11.5 Å². The number of rotatable bonds is 4. The van der Waals surface area contributed by atoms with Gasteiger partial charge < -0.3 is 24.9 Å². The van der Waals surface area contributed by atoms with E-state index in [-0.39, 0.29) is 12.5 Å². The molecule has 194 valence electrons. The van der Waals surface area contributed by atoms with Crippen molar-refractivity contribution in [3.63, 3.8) is 0 Å². The molecule has 0 aliphatic carbocycles. The molecule has 1 aliphatic heterocycles. The number of benzene rings is 1. The monoisotopic (exact) mass is 535 g/mol. The van der Waals surface area contributed by atoms with E-state index in [0.717, 1.165) is 10.3 Å². The average Bonchev–Trinajstić information content (AvgIpc) is 3.59. The SMILES string of the molecule is C#CC#CC#CC#CC#CC#CC#CC#CC#CN(C)C(=O)[C@@H](NC(=O)c1cc2cc3c(cc2[nH]1)OCO3)[C@@H](C)O. The summed E-state index contributed by atoms with van der Waals surface area (Å²) in [4.78, 5) is 29.6. The van der Waals surface area contributed by atoms with Crippen molar-refractivity contribution < 1.29 is 24.2 Å². The summed E-state index contributed by atoms with van der Waals surface area (Å²) in [6.45, 7) is 1.52. The van der Waals surface area contributed by atoms with Crippen molar-refractivity contribution >= 4 is 22.7 Å².